The molecular weight excluding hydrogens is 241 g/mol. The van der Waals surface area contributed by atoms with Crippen LogP contribution >= 0.6 is 0 Å². The first-order chi connectivity index (χ1) is 9.11. The Bertz CT molecular complexity index is 690. The fourth-order valence-electron chi connectivity index (χ4n) is 2.00. The van der Waals surface area contributed by atoms with E-state index in [9.17, 15) is 4.39 Å². The number of anilines is 2. The zero-order chi connectivity index (χ0) is 13.4. The molecule has 19 heavy (non-hydrogen) atoms. The Kier molecular flexibility index (Phi) is 2.71. The molecule has 3 nitrogen and oxygen atoms in total. The highest BCUT2D eigenvalue weighted by Crippen LogP contribution is 2.21. The van der Waals surface area contributed by atoms with Gasteiger partial charge in [-0.15, -0.1) is 0 Å². The number of hydrogen-bond acceptors (Lipinski definition) is 2. The number of nitrogens with one attached hydrogen (secondary N) is 2. The third-order valence-electron chi connectivity index (χ3n) is 3.20. The van der Waals surface area contributed by atoms with Crippen molar-refractivity contribution < 1.29 is 4.39 Å². The van der Waals surface area contributed by atoms with Crippen LogP contribution in [-0.4, -0.2) is 9.97 Å². The minimum atomic E-state index is -0.249. The summed E-state index contributed by atoms with van der Waals surface area (Å²) in [5, 5.41) is 3.13. The average Bonchev–Trinajstić information content (AvgIpc) is 2.74. The number of H-pyrrole nitrogens is 1. The van der Waals surface area contributed by atoms with Crippen LogP contribution in [0.4, 0.5) is 16.0 Å². The highest BCUT2D eigenvalue weighted by atomic mass is 19.1. The third kappa shape index (κ3) is 2.29. The largest absolute Gasteiger partial charge is 0.326 e. The van der Waals surface area contributed by atoms with Gasteiger partial charge in [-0.2, -0.15) is 0 Å². The van der Waals surface area contributed by atoms with Gasteiger partial charge in [0.15, 0.2) is 0 Å². The van der Waals surface area contributed by atoms with Crippen molar-refractivity contribution in [2.75, 3.05) is 5.32 Å². The van der Waals surface area contributed by atoms with E-state index in [4.69, 9.17) is 0 Å². The Balaban J connectivity index is 1.95. The maximum atomic E-state index is 12.8. The van der Waals surface area contributed by atoms with E-state index >= 15 is 0 Å². The second-order valence-corrected chi connectivity index (χ2v) is 4.67. The number of benzene rings is 2. The van der Waals surface area contributed by atoms with Crippen LogP contribution in [0.25, 0.3) is 11.0 Å². The summed E-state index contributed by atoms with van der Waals surface area (Å²) in [6.07, 6.45) is 0. The van der Waals surface area contributed by atoms with E-state index in [0.717, 1.165) is 16.7 Å². The molecular formula is C15H14FN3. The lowest BCUT2D eigenvalue weighted by Crippen LogP contribution is -1.91. The molecule has 0 bridgehead atoms. The number of halogens is 1. The fraction of sp³-hybridized carbons (Fsp3) is 0.133. The molecule has 96 valence electrons. The van der Waals surface area contributed by atoms with Crippen molar-refractivity contribution in [2.45, 2.75) is 13.8 Å². The van der Waals surface area contributed by atoms with Gasteiger partial charge in [0, 0.05) is 5.69 Å². The summed E-state index contributed by atoms with van der Waals surface area (Å²) < 4.78 is 12.8. The number of imidazole rings is 1. The number of aromatic amines is 1. The van der Waals surface area contributed by atoms with Gasteiger partial charge in [0.05, 0.1) is 11.0 Å². The van der Waals surface area contributed by atoms with Crippen molar-refractivity contribution in [2.24, 2.45) is 0 Å². The predicted octanol–water partition coefficient (Wildman–Crippen LogP) is 4.06. The molecule has 0 unspecified atom stereocenters. The number of hydrogen-bond donors (Lipinski definition) is 2. The highest BCUT2D eigenvalue weighted by molar-refractivity contribution is 5.80. The lowest BCUT2D eigenvalue weighted by Gasteiger charge is -2.01. The quantitative estimate of drug-likeness (QED) is 0.725. The summed E-state index contributed by atoms with van der Waals surface area (Å²) in [4.78, 5) is 7.68. The van der Waals surface area contributed by atoms with Crippen molar-refractivity contribution in [1.82, 2.24) is 9.97 Å². The molecule has 0 spiro atoms. The van der Waals surface area contributed by atoms with Crippen molar-refractivity contribution >= 4 is 22.7 Å². The van der Waals surface area contributed by atoms with E-state index in [2.05, 4.69) is 41.3 Å². The second-order valence-electron chi connectivity index (χ2n) is 4.67. The Morgan fingerprint density at radius 2 is 1.74 bits per heavy atom. The SMILES string of the molecule is Cc1cc2nc(Nc3ccc(F)cc3)[nH]c2cc1C. The fourth-order valence-corrected chi connectivity index (χ4v) is 2.00. The molecule has 0 fully saturated rings. The van der Waals surface area contributed by atoms with E-state index < -0.39 is 0 Å². The van der Waals surface area contributed by atoms with Crippen molar-refractivity contribution in [3.05, 3.63) is 53.3 Å². The van der Waals surface area contributed by atoms with Crippen molar-refractivity contribution in [1.29, 1.82) is 0 Å². The molecule has 0 atom stereocenters. The smallest absolute Gasteiger partial charge is 0.205 e. The average molecular weight is 255 g/mol. The summed E-state index contributed by atoms with van der Waals surface area (Å²) in [5.74, 6) is 0.410. The molecule has 0 amide bonds. The van der Waals surface area contributed by atoms with E-state index in [1.165, 1.54) is 23.3 Å². The standard InChI is InChI=1S/C15H14FN3/c1-9-7-13-14(8-10(9)2)19-15(18-13)17-12-5-3-11(16)4-6-12/h3-8H,1-2H3,(H2,17,18,19). The normalized spacial score (nSPS) is 10.9. The van der Waals surface area contributed by atoms with Crippen LogP contribution in [0.15, 0.2) is 36.4 Å². The van der Waals surface area contributed by atoms with Gasteiger partial charge < -0.3 is 10.3 Å². The Labute approximate surface area is 110 Å². The van der Waals surface area contributed by atoms with E-state index in [-0.39, 0.29) is 5.82 Å². The number of aryl methyl sites for hydroxylation is 2. The number of fused-ring (bicyclic) bond motifs is 1. The molecule has 1 heterocycles. The molecule has 0 aliphatic heterocycles. The Hall–Kier alpha value is -2.36. The number of nitrogens with zero attached hydrogens (tertiary/aromatic N) is 1. The molecule has 2 aromatic carbocycles. The maximum Gasteiger partial charge on any atom is 0.205 e. The van der Waals surface area contributed by atoms with E-state index in [0.29, 0.717) is 5.95 Å². The molecule has 4 heteroatoms. The molecule has 0 saturated heterocycles. The van der Waals surface area contributed by atoms with Gasteiger partial charge in [-0.1, -0.05) is 0 Å². The Morgan fingerprint density at radius 1 is 1.05 bits per heavy atom. The van der Waals surface area contributed by atoms with Crippen molar-refractivity contribution in [3.63, 3.8) is 0 Å². The molecule has 3 rings (SSSR count). The van der Waals surface area contributed by atoms with E-state index in [1.807, 2.05) is 0 Å². The van der Waals surface area contributed by atoms with Crippen LogP contribution in [-0.2, 0) is 0 Å². The number of rotatable bonds is 2. The van der Waals surface area contributed by atoms with Gasteiger partial charge in [0.25, 0.3) is 0 Å². The van der Waals surface area contributed by atoms with Gasteiger partial charge in [0.1, 0.15) is 5.82 Å². The molecule has 0 aliphatic rings. The summed E-state index contributed by atoms with van der Waals surface area (Å²) in [6, 6.07) is 10.3. The molecule has 0 aliphatic carbocycles. The topological polar surface area (TPSA) is 40.7 Å². The third-order valence-corrected chi connectivity index (χ3v) is 3.20. The number of aromatic nitrogens is 2. The van der Waals surface area contributed by atoms with Gasteiger partial charge in [0.2, 0.25) is 5.95 Å². The predicted molar refractivity (Wildman–Crippen MR) is 75.3 cm³/mol. The molecule has 1 aromatic heterocycles. The summed E-state index contributed by atoms with van der Waals surface area (Å²) in [7, 11) is 0. The molecule has 0 radical (unpaired) electrons. The van der Waals surface area contributed by atoms with Gasteiger partial charge >= 0.3 is 0 Å². The van der Waals surface area contributed by atoms with E-state index in [1.54, 1.807) is 12.1 Å². The van der Waals surface area contributed by atoms with Crippen LogP contribution in [0.3, 0.4) is 0 Å². The minimum absolute atomic E-state index is 0.249. The van der Waals surface area contributed by atoms with Crippen LogP contribution in [0.1, 0.15) is 11.1 Å². The maximum absolute atomic E-state index is 12.8. The summed E-state index contributed by atoms with van der Waals surface area (Å²) >= 11 is 0. The zero-order valence-electron chi connectivity index (χ0n) is 10.8. The first-order valence-corrected chi connectivity index (χ1v) is 6.11. The van der Waals surface area contributed by atoms with Crippen molar-refractivity contribution in [3.8, 4) is 0 Å². The lowest BCUT2D eigenvalue weighted by molar-refractivity contribution is 0.628. The first kappa shape index (κ1) is 11.7. The lowest BCUT2D eigenvalue weighted by atomic mass is 10.1. The zero-order valence-corrected chi connectivity index (χ0v) is 10.8. The Morgan fingerprint density at radius 3 is 2.47 bits per heavy atom. The molecule has 2 N–H and O–H groups in total. The van der Waals surface area contributed by atoms with Crippen LogP contribution < -0.4 is 5.32 Å². The second kappa shape index (κ2) is 4.39. The first-order valence-electron chi connectivity index (χ1n) is 6.11. The monoisotopic (exact) mass is 255 g/mol. The summed E-state index contributed by atoms with van der Waals surface area (Å²) in [6.45, 7) is 4.14. The van der Waals surface area contributed by atoms with Gasteiger partial charge in [-0.3, -0.25) is 0 Å². The summed E-state index contributed by atoms with van der Waals surface area (Å²) in [5.41, 5.74) is 5.16. The highest BCUT2D eigenvalue weighted by Gasteiger charge is 2.05. The molecule has 3 aromatic rings. The van der Waals surface area contributed by atoms with Crippen LogP contribution in [0.5, 0.6) is 0 Å². The minimum Gasteiger partial charge on any atom is -0.326 e. The molecule has 0 saturated carbocycles. The van der Waals surface area contributed by atoms with Crippen LogP contribution in [0, 0.1) is 19.7 Å². The van der Waals surface area contributed by atoms with Crippen LogP contribution in [0.2, 0.25) is 0 Å². The van der Waals surface area contributed by atoms with Gasteiger partial charge in [-0.25, -0.2) is 9.37 Å². The van der Waals surface area contributed by atoms with Gasteiger partial charge in [-0.05, 0) is 61.4 Å².